The van der Waals surface area contributed by atoms with Crippen molar-refractivity contribution >= 4 is 28.5 Å². The summed E-state index contributed by atoms with van der Waals surface area (Å²) in [6, 6.07) is 15.0. The molecule has 1 N–H and O–H groups in total. The highest BCUT2D eigenvalue weighted by Gasteiger charge is 2.55. The maximum Gasteiger partial charge on any atom is 0.332 e. The van der Waals surface area contributed by atoms with Crippen molar-refractivity contribution in [3.63, 3.8) is 0 Å². The largest absolute Gasteiger partial charge is 0.356 e. The molecule has 3 amide bonds. The average molecular weight is 359 g/mol. The number of H-pyrrole nitrogens is 1. The Morgan fingerprint density at radius 1 is 1.07 bits per heavy atom. The molecule has 2 aliphatic heterocycles. The van der Waals surface area contributed by atoms with Crippen LogP contribution in [0.15, 0.2) is 48.5 Å². The zero-order chi connectivity index (χ0) is 18.9. The van der Waals surface area contributed by atoms with Crippen LogP contribution in [0.1, 0.15) is 30.7 Å². The summed E-state index contributed by atoms with van der Waals surface area (Å²) in [7, 11) is 0. The first-order valence-corrected chi connectivity index (χ1v) is 9.23. The van der Waals surface area contributed by atoms with Crippen LogP contribution in [0.5, 0.6) is 0 Å². The Labute approximate surface area is 157 Å². The first kappa shape index (κ1) is 16.1. The lowest BCUT2D eigenvalue weighted by molar-refractivity contribution is -0.121. The van der Waals surface area contributed by atoms with E-state index in [2.05, 4.69) is 11.1 Å². The summed E-state index contributed by atoms with van der Waals surface area (Å²) in [5.41, 5.74) is 4.28. The number of urea groups is 1. The molecule has 1 atom stereocenters. The maximum absolute atomic E-state index is 13.3. The number of aromatic amines is 1. The normalized spacial score (nSPS) is 20.9. The summed E-state index contributed by atoms with van der Waals surface area (Å²) in [6.45, 7) is 5.99. The number of fused-ring (bicyclic) bond motifs is 4. The summed E-state index contributed by atoms with van der Waals surface area (Å²) >= 11 is 0. The highest BCUT2D eigenvalue weighted by Crippen LogP contribution is 2.45. The standard InChI is InChI=1S/C22H21N3O2/c1-13-7-6-8-14(11-13)24-20(26)18-12-16-15-9-4-5-10-17(15)23-19(16)22(2,3)25(18)21(24)27/h4-11,18,23H,12H2,1-3H3/t18-/m0/s1. The van der Waals surface area contributed by atoms with Crippen molar-refractivity contribution in [2.45, 2.75) is 38.8 Å². The third-order valence-corrected chi connectivity index (χ3v) is 5.90. The van der Waals surface area contributed by atoms with E-state index < -0.39 is 11.6 Å². The molecule has 3 aromatic rings. The number of rotatable bonds is 1. The number of para-hydroxylation sites is 1. The predicted octanol–water partition coefficient (Wildman–Crippen LogP) is 4.10. The second-order valence-electron chi connectivity index (χ2n) is 7.97. The van der Waals surface area contributed by atoms with Crippen molar-refractivity contribution in [3.05, 3.63) is 65.4 Å². The SMILES string of the molecule is Cc1cccc(N2C(=O)[C@@H]3Cc4c([nH]c5ccccc45)C(C)(C)N3C2=O)c1. The van der Waals surface area contributed by atoms with Crippen LogP contribution in [0.3, 0.4) is 0 Å². The summed E-state index contributed by atoms with van der Waals surface area (Å²) < 4.78 is 0. The highest BCUT2D eigenvalue weighted by atomic mass is 16.2. The summed E-state index contributed by atoms with van der Waals surface area (Å²) in [4.78, 5) is 33.2. The van der Waals surface area contributed by atoms with Gasteiger partial charge in [0.05, 0.1) is 11.2 Å². The molecule has 5 nitrogen and oxygen atoms in total. The van der Waals surface area contributed by atoms with Gasteiger partial charge in [0.1, 0.15) is 6.04 Å². The number of anilines is 1. The second-order valence-corrected chi connectivity index (χ2v) is 7.97. The lowest BCUT2D eigenvalue weighted by atomic mass is 9.85. The van der Waals surface area contributed by atoms with Crippen LogP contribution < -0.4 is 4.90 Å². The minimum atomic E-state index is -0.595. The van der Waals surface area contributed by atoms with Crippen molar-refractivity contribution in [2.24, 2.45) is 0 Å². The smallest absolute Gasteiger partial charge is 0.332 e. The third kappa shape index (κ3) is 2.05. The second kappa shape index (κ2) is 5.22. The molecule has 0 spiro atoms. The average Bonchev–Trinajstić information content (AvgIpc) is 3.12. The molecule has 0 unspecified atom stereocenters. The van der Waals surface area contributed by atoms with Gasteiger partial charge in [0.25, 0.3) is 5.91 Å². The van der Waals surface area contributed by atoms with E-state index in [-0.39, 0.29) is 11.9 Å². The fourth-order valence-electron chi connectivity index (χ4n) is 4.65. The van der Waals surface area contributed by atoms with Crippen LogP contribution in [-0.4, -0.2) is 27.9 Å². The van der Waals surface area contributed by atoms with Gasteiger partial charge < -0.3 is 9.88 Å². The van der Waals surface area contributed by atoms with Crippen LogP contribution in [0.2, 0.25) is 0 Å². The first-order valence-electron chi connectivity index (χ1n) is 9.23. The van der Waals surface area contributed by atoms with Gasteiger partial charge >= 0.3 is 6.03 Å². The number of amides is 3. The Morgan fingerprint density at radius 3 is 2.63 bits per heavy atom. The summed E-state index contributed by atoms with van der Waals surface area (Å²) in [5, 5.41) is 1.13. The van der Waals surface area contributed by atoms with Crippen LogP contribution in [0.25, 0.3) is 10.9 Å². The number of carbonyl (C=O) groups excluding carboxylic acids is 2. The lowest BCUT2D eigenvalue weighted by Gasteiger charge is -2.42. The molecule has 27 heavy (non-hydrogen) atoms. The van der Waals surface area contributed by atoms with Crippen molar-refractivity contribution in [1.82, 2.24) is 9.88 Å². The van der Waals surface area contributed by atoms with E-state index in [4.69, 9.17) is 0 Å². The van der Waals surface area contributed by atoms with Gasteiger partial charge in [-0.1, -0.05) is 30.3 Å². The topological polar surface area (TPSA) is 56.4 Å². The van der Waals surface area contributed by atoms with Gasteiger partial charge in [-0.15, -0.1) is 0 Å². The Bertz CT molecular complexity index is 1110. The first-order chi connectivity index (χ1) is 12.9. The lowest BCUT2D eigenvalue weighted by Crippen LogP contribution is -2.52. The Hall–Kier alpha value is -3.08. The Kier molecular flexibility index (Phi) is 3.12. The number of hydrogen-bond donors (Lipinski definition) is 1. The molecule has 1 aromatic heterocycles. The molecule has 5 rings (SSSR count). The molecule has 2 aliphatic rings. The molecule has 3 heterocycles. The van der Waals surface area contributed by atoms with E-state index in [1.807, 2.05) is 63.2 Å². The number of aromatic nitrogens is 1. The van der Waals surface area contributed by atoms with Gasteiger partial charge in [-0.3, -0.25) is 4.79 Å². The summed E-state index contributed by atoms with van der Waals surface area (Å²) in [6.07, 6.45) is 0.537. The number of hydrogen-bond acceptors (Lipinski definition) is 2. The van der Waals surface area contributed by atoms with Gasteiger partial charge in [0.2, 0.25) is 0 Å². The fourth-order valence-corrected chi connectivity index (χ4v) is 4.65. The molecule has 1 saturated heterocycles. The van der Waals surface area contributed by atoms with Crippen LogP contribution >= 0.6 is 0 Å². The minimum absolute atomic E-state index is 0.144. The van der Waals surface area contributed by atoms with Crippen LogP contribution in [0, 0.1) is 6.92 Å². The van der Waals surface area contributed by atoms with Gasteiger partial charge in [-0.05, 0) is 50.1 Å². The van der Waals surface area contributed by atoms with Gasteiger partial charge in [-0.25, -0.2) is 9.69 Å². The van der Waals surface area contributed by atoms with E-state index in [1.54, 1.807) is 4.90 Å². The Morgan fingerprint density at radius 2 is 1.85 bits per heavy atom. The van der Waals surface area contributed by atoms with E-state index in [0.717, 1.165) is 27.7 Å². The highest BCUT2D eigenvalue weighted by molar-refractivity contribution is 6.22. The number of nitrogens with zero attached hydrogens (tertiary/aromatic N) is 2. The molecule has 2 aromatic carbocycles. The molecule has 5 heteroatoms. The third-order valence-electron chi connectivity index (χ3n) is 5.90. The molecule has 1 fully saturated rings. The number of benzene rings is 2. The van der Waals surface area contributed by atoms with Gasteiger partial charge in [0.15, 0.2) is 0 Å². The Balaban J connectivity index is 1.66. The number of aryl methyl sites for hydroxylation is 1. The summed E-state index contributed by atoms with van der Waals surface area (Å²) in [5.74, 6) is -0.144. The monoisotopic (exact) mass is 359 g/mol. The quantitative estimate of drug-likeness (QED) is 0.665. The van der Waals surface area contributed by atoms with Crippen molar-refractivity contribution in [2.75, 3.05) is 4.90 Å². The van der Waals surface area contributed by atoms with E-state index in [9.17, 15) is 9.59 Å². The zero-order valence-electron chi connectivity index (χ0n) is 15.6. The van der Waals surface area contributed by atoms with Crippen LogP contribution in [-0.2, 0) is 16.8 Å². The van der Waals surface area contributed by atoms with Crippen molar-refractivity contribution in [3.8, 4) is 0 Å². The number of nitrogens with one attached hydrogen (secondary N) is 1. The number of imide groups is 1. The molecular weight excluding hydrogens is 338 g/mol. The van der Waals surface area contributed by atoms with Gasteiger partial charge in [0, 0.05) is 23.0 Å². The van der Waals surface area contributed by atoms with E-state index in [1.165, 1.54) is 4.90 Å². The molecule has 0 radical (unpaired) electrons. The zero-order valence-corrected chi connectivity index (χ0v) is 15.6. The van der Waals surface area contributed by atoms with Crippen molar-refractivity contribution in [1.29, 1.82) is 0 Å². The molecule has 0 saturated carbocycles. The minimum Gasteiger partial charge on any atom is -0.356 e. The van der Waals surface area contributed by atoms with E-state index in [0.29, 0.717) is 12.1 Å². The fraction of sp³-hybridized carbons (Fsp3) is 0.273. The molecule has 0 bridgehead atoms. The van der Waals surface area contributed by atoms with Crippen molar-refractivity contribution < 1.29 is 9.59 Å². The maximum atomic E-state index is 13.3. The van der Waals surface area contributed by atoms with Gasteiger partial charge in [-0.2, -0.15) is 0 Å². The molecule has 0 aliphatic carbocycles. The molecular formula is C22H21N3O2. The molecule has 136 valence electrons. The predicted molar refractivity (Wildman–Crippen MR) is 105 cm³/mol. The number of carbonyl (C=O) groups is 2. The van der Waals surface area contributed by atoms with E-state index >= 15 is 0 Å². The van der Waals surface area contributed by atoms with Crippen LogP contribution in [0.4, 0.5) is 10.5 Å².